The van der Waals surface area contributed by atoms with Gasteiger partial charge in [-0.2, -0.15) is 0 Å². The first-order chi connectivity index (χ1) is 7.39. The quantitative estimate of drug-likeness (QED) is 0.884. The Kier molecular flexibility index (Phi) is 6.69. The molecule has 1 aromatic heterocycles. The molecule has 1 heterocycles. The summed E-state index contributed by atoms with van der Waals surface area (Å²) in [5.74, 6) is 0.229. The van der Waals surface area contributed by atoms with Crippen LogP contribution in [-0.4, -0.2) is 18.0 Å². The van der Waals surface area contributed by atoms with E-state index >= 15 is 0 Å². The molecule has 17 heavy (non-hydrogen) atoms. The normalized spacial score (nSPS) is 14.0. The molecule has 0 aliphatic heterocycles. The number of carbonyl (C=O) groups excluding carboxylic acids is 1. The van der Waals surface area contributed by atoms with Crippen molar-refractivity contribution in [3.05, 3.63) is 20.8 Å². The third kappa shape index (κ3) is 4.25. The molecule has 98 valence electrons. The number of nitrogens with one attached hydrogen (secondary N) is 1. The lowest BCUT2D eigenvalue weighted by Gasteiger charge is -2.33. The highest BCUT2D eigenvalue weighted by Gasteiger charge is 2.29. The molecule has 0 aliphatic rings. The number of amides is 1. The third-order valence-electron chi connectivity index (χ3n) is 2.93. The summed E-state index contributed by atoms with van der Waals surface area (Å²) in [5, 5.41) is 4.82. The Hall–Kier alpha value is -0.100. The Bertz CT molecular complexity index is 383. The van der Waals surface area contributed by atoms with E-state index in [0.717, 1.165) is 3.79 Å². The van der Waals surface area contributed by atoms with Crippen molar-refractivity contribution in [1.82, 2.24) is 5.32 Å². The average Bonchev–Trinajstić information content (AvgIpc) is 2.64. The topological polar surface area (TPSA) is 55.1 Å². The fourth-order valence-electron chi connectivity index (χ4n) is 1.19. The van der Waals surface area contributed by atoms with Crippen molar-refractivity contribution in [2.75, 3.05) is 6.54 Å². The number of carbonyl (C=O) groups is 1. The number of nitrogens with two attached hydrogens (primary N) is 1. The van der Waals surface area contributed by atoms with Crippen LogP contribution in [0, 0.1) is 5.92 Å². The average molecular weight is 342 g/mol. The Morgan fingerprint density at radius 3 is 2.59 bits per heavy atom. The molecule has 0 spiro atoms. The Balaban J connectivity index is 0.00000256. The molecule has 0 aromatic carbocycles. The summed E-state index contributed by atoms with van der Waals surface area (Å²) in [6, 6.07) is 1.82. The molecule has 1 aromatic rings. The first-order valence-corrected chi connectivity index (χ1v) is 6.83. The van der Waals surface area contributed by atoms with E-state index in [4.69, 9.17) is 5.73 Å². The molecule has 6 heteroatoms. The minimum Gasteiger partial charge on any atom is -0.345 e. The first-order valence-electron chi connectivity index (χ1n) is 5.15. The summed E-state index contributed by atoms with van der Waals surface area (Å²) < 4.78 is 0.955. The molecule has 1 rings (SSSR count). The zero-order valence-electron chi connectivity index (χ0n) is 10.1. The van der Waals surface area contributed by atoms with Crippen molar-refractivity contribution in [3.8, 4) is 0 Å². The molecule has 0 bridgehead atoms. The maximum Gasteiger partial charge on any atom is 0.252 e. The van der Waals surface area contributed by atoms with Crippen molar-refractivity contribution in [2.45, 2.75) is 26.3 Å². The Morgan fingerprint density at radius 1 is 1.65 bits per heavy atom. The SMILES string of the molecule is CC(C)C(C)(CN)NC(=O)c1csc(Br)c1.Cl. The van der Waals surface area contributed by atoms with Gasteiger partial charge in [-0.25, -0.2) is 0 Å². The van der Waals surface area contributed by atoms with E-state index in [2.05, 4.69) is 35.1 Å². The van der Waals surface area contributed by atoms with Gasteiger partial charge in [-0.1, -0.05) is 13.8 Å². The molecule has 1 unspecified atom stereocenters. The van der Waals surface area contributed by atoms with Crippen LogP contribution in [0.2, 0.25) is 0 Å². The van der Waals surface area contributed by atoms with Crippen molar-refractivity contribution < 1.29 is 4.79 Å². The van der Waals surface area contributed by atoms with Gasteiger partial charge in [0, 0.05) is 11.9 Å². The minimum absolute atomic E-state index is 0. The van der Waals surface area contributed by atoms with Crippen molar-refractivity contribution in [3.63, 3.8) is 0 Å². The van der Waals surface area contributed by atoms with E-state index in [1.807, 2.05) is 18.4 Å². The van der Waals surface area contributed by atoms with Crippen LogP contribution in [0.4, 0.5) is 0 Å². The molecular weight excluding hydrogens is 324 g/mol. The maximum atomic E-state index is 12.0. The highest BCUT2D eigenvalue weighted by Crippen LogP contribution is 2.22. The fourth-order valence-corrected chi connectivity index (χ4v) is 2.33. The van der Waals surface area contributed by atoms with E-state index in [-0.39, 0.29) is 23.9 Å². The van der Waals surface area contributed by atoms with Crippen LogP contribution in [0.1, 0.15) is 31.1 Å². The molecule has 0 radical (unpaired) electrons. The molecule has 1 amide bonds. The van der Waals surface area contributed by atoms with Crippen molar-refractivity contribution in [1.29, 1.82) is 0 Å². The lowest BCUT2D eigenvalue weighted by molar-refractivity contribution is 0.0883. The highest BCUT2D eigenvalue weighted by atomic mass is 79.9. The van der Waals surface area contributed by atoms with Crippen LogP contribution in [0.25, 0.3) is 0 Å². The van der Waals surface area contributed by atoms with Gasteiger partial charge in [0.2, 0.25) is 0 Å². The van der Waals surface area contributed by atoms with E-state index in [9.17, 15) is 4.79 Å². The van der Waals surface area contributed by atoms with Crippen LogP contribution >= 0.6 is 39.7 Å². The first kappa shape index (κ1) is 16.9. The second-order valence-corrected chi connectivity index (χ2v) is 6.66. The molecule has 1 atom stereocenters. The number of hydrogen-bond acceptors (Lipinski definition) is 3. The second kappa shape index (κ2) is 6.73. The van der Waals surface area contributed by atoms with Gasteiger partial charge < -0.3 is 11.1 Å². The standard InChI is InChI=1S/C11H17BrN2OS.ClH/c1-7(2)11(3,6-13)14-10(15)8-4-9(12)16-5-8;/h4-5,7H,6,13H2,1-3H3,(H,14,15);1H. The summed E-state index contributed by atoms with van der Waals surface area (Å²) in [5.41, 5.74) is 6.04. The summed E-state index contributed by atoms with van der Waals surface area (Å²) in [7, 11) is 0. The molecule has 0 saturated heterocycles. The van der Waals surface area contributed by atoms with Crippen LogP contribution in [-0.2, 0) is 0 Å². The van der Waals surface area contributed by atoms with E-state index < -0.39 is 0 Å². The number of hydrogen-bond donors (Lipinski definition) is 2. The lowest BCUT2D eigenvalue weighted by atomic mass is 9.88. The monoisotopic (exact) mass is 340 g/mol. The zero-order chi connectivity index (χ0) is 12.3. The summed E-state index contributed by atoms with van der Waals surface area (Å²) >= 11 is 4.84. The van der Waals surface area contributed by atoms with Gasteiger partial charge in [0.1, 0.15) is 0 Å². The molecule has 3 N–H and O–H groups in total. The van der Waals surface area contributed by atoms with Gasteiger partial charge in [-0.15, -0.1) is 23.7 Å². The van der Waals surface area contributed by atoms with Gasteiger partial charge in [-0.05, 0) is 34.8 Å². The number of rotatable bonds is 4. The maximum absolute atomic E-state index is 12.0. The third-order valence-corrected chi connectivity index (χ3v) is 4.43. The van der Waals surface area contributed by atoms with Crippen molar-refractivity contribution >= 4 is 45.6 Å². The largest absolute Gasteiger partial charge is 0.345 e. The zero-order valence-corrected chi connectivity index (χ0v) is 13.3. The van der Waals surface area contributed by atoms with Crippen molar-refractivity contribution in [2.24, 2.45) is 11.7 Å². The van der Waals surface area contributed by atoms with E-state index in [1.165, 1.54) is 11.3 Å². The van der Waals surface area contributed by atoms with Gasteiger partial charge in [-0.3, -0.25) is 4.79 Å². The van der Waals surface area contributed by atoms with Crippen LogP contribution in [0.5, 0.6) is 0 Å². The Labute approximate surface area is 121 Å². The molecule has 0 saturated carbocycles. The molecule has 0 aliphatic carbocycles. The van der Waals surface area contributed by atoms with Crippen LogP contribution in [0.15, 0.2) is 15.2 Å². The number of halogens is 2. The number of thiophene rings is 1. The van der Waals surface area contributed by atoms with Gasteiger partial charge >= 0.3 is 0 Å². The summed E-state index contributed by atoms with van der Waals surface area (Å²) in [6.45, 7) is 6.51. The minimum atomic E-state index is -0.356. The predicted molar refractivity (Wildman–Crippen MR) is 79.0 cm³/mol. The fraction of sp³-hybridized carbons (Fsp3) is 0.545. The van der Waals surface area contributed by atoms with Gasteiger partial charge in [0.15, 0.2) is 0 Å². The summed E-state index contributed by atoms with van der Waals surface area (Å²) in [4.78, 5) is 12.0. The van der Waals surface area contributed by atoms with Gasteiger partial charge in [0.25, 0.3) is 5.91 Å². The Morgan fingerprint density at radius 2 is 2.24 bits per heavy atom. The molecule has 3 nitrogen and oxygen atoms in total. The van der Waals surface area contributed by atoms with Crippen LogP contribution < -0.4 is 11.1 Å². The van der Waals surface area contributed by atoms with E-state index in [0.29, 0.717) is 18.0 Å². The van der Waals surface area contributed by atoms with E-state index in [1.54, 1.807) is 0 Å². The predicted octanol–water partition coefficient (Wildman–Crippen LogP) is 3.04. The molecule has 0 fully saturated rings. The lowest BCUT2D eigenvalue weighted by Crippen LogP contribution is -2.54. The molecular formula is C11H18BrClN2OS. The highest BCUT2D eigenvalue weighted by molar-refractivity contribution is 9.11. The summed E-state index contributed by atoms with van der Waals surface area (Å²) in [6.07, 6.45) is 0. The second-order valence-electron chi connectivity index (χ2n) is 4.37. The van der Waals surface area contributed by atoms with Gasteiger partial charge in [0.05, 0.1) is 14.9 Å². The van der Waals surface area contributed by atoms with Crippen LogP contribution in [0.3, 0.4) is 0 Å². The smallest absolute Gasteiger partial charge is 0.252 e.